The van der Waals surface area contributed by atoms with Gasteiger partial charge in [0.1, 0.15) is 0 Å². The lowest BCUT2D eigenvalue weighted by Crippen LogP contribution is -2.36. The summed E-state index contributed by atoms with van der Waals surface area (Å²) in [7, 11) is 0. The van der Waals surface area contributed by atoms with Crippen LogP contribution in [0.1, 0.15) is 59.3 Å². The van der Waals surface area contributed by atoms with Gasteiger partial charge in [-0.1, -0.05) is 26.7 Å². The molecule has 17 heavy (non-hydrogen) atoms. The van der Waals surface area contributed by atoms with Gasteiger partial charge in [-0.2, -0.15) is 0 Å². The Balaban J connectivity index is 2.07. The van der Waals surface area contributed by atoms with Gasteiger partial charge in [-0.25, -0.2) is 0 Å². The molecule has 2 atom stereocenters. The number of hydrogen-bond acceptors (Lipinski definition) is 2. The van der Waals surface area contributed by atoms with Crippen LogP contribution >= 0.6 is 0 Å². The average molecular weight is 240 g/mol. The van der Waals surface area contributed by atoms with Crippen molar-refractivity contribution in [2.45, 2.75) is 71.4 Å². The van der Waals surface area contributed by atoms with E-state index in [4.69, 9.17) is 0 Å². The maximum Gasteiger partial charge on any atom is 0.221 e. The molecule has 0 bridgehead atoms. The highest BCUT2D eigenvalue weighted by atomic mass is 16.1. The lowest BCUT2D eigenvalue weighted by Gasteiger charge is -2.16. The number of carbonyl (C=O) groups excluding carboxylic acids is 1. The Hall–Kier alpha value is -0.570. The molecule has 0 radical (unpaired) electrons. The first-order valence-electron chi connectivity index (χ1n) is 7.10. The summed E-state index contributed by atoms with van der Waals surface area (Å²) in [6.45, 7) is 7.67. The molecule has 1 aliphatic rings. The maximum atomic E-state index is 11.8. The van der Waals surface area contributed by atoms with E-state index >= 15 is 0 Å². The Morgan fingerprint density at radius 2 is 2.12 bits per heavy atom. The summed E-state index contributed by atoms with van der Waals surface area (Å²) in [6.07, 6.45) is 6.57. The highest BCUT2D eigenvalue weighted by Crippen LogP contribution is 2.10. The number of hydrogen-bond donors (Lipinski definition) is 2. The zero-order valence-electron chi connectivity index (χ0n) is 11.6. The van der Waals surface area contributed by atoms with Gasteiger partial charge in [0.2, 0.25) is 5.91 Å². The monoisotopic (exact) mass is 240 g/mol. The minimum atomic E-state index is 0.210. The maximum absolute atomic E-state index is 11.8. The van der Waals surface area contributed by atoms with Crippen molar-refractivity contribution in [1.29, 1.82) is 0 Å². The smallest absolute Gasteiger partial charge is 0.221 e. The van der Waals surface area contributed by atoms with Crippen molar-refractivity contribution in [2.75, 3.05) is 6.54 Å². The van der Waals surface area contributed by atoms with E-state index < -0.39 is 0 Å². The third kappa shape index (κ3) is 6.67. The van der Waals surface area contributed by atoms with E-state index in [0.717, 1.165) is 25.3 Å². The highest BCUT2D eigenvalue weighted by molar-refractivity contribution is 5.76. The van der Waals surface area contributed by atoms with Crippen LogP contribution in [0, 0.1) is 5.92 Å². The molecule has 100 valence electrons. The lowest BCUT2D eigenvalue weighted by molar-refractivity contribution is -0.122. The third-order valence-corrected chi connectivity index (χ3v) is 3.42. The molecule has 0 aromatic rings. The predicted octanol–water partition coefficient (Wildman–Crippen LogP) is 2.46. The summed E-state index contributed by atoms with van der Waals surface area (Å²) in [5, 5.41) is 6.46. The van der Waals surface area contributed by atoms with Crippen molar-refractivity contribution < 1.29 is 4.79 Å². The van der Waals surface area contributed by atoms with Crippen LogP contribution in [0.5, 0.6) is 0 Å². The van der Waals surface area contributed by atoms with E-state index in [1.54, 1.807) is 0 Å². The number of amides is 1. The van der Waals surface area contributed by atoms with Gasteiger partial charge in [0, 0.05) is 18.5 Å². The summed E-state index contributed by atoms with van der Waals surface area (Å²) in [4.78, 5) is 11.8. The van der Waals surface area contributed by atoms with Gasteiger partial charge in [0.05, 0.1) is 0 Å². The number of rotatable bonds is 7. The molecule has 1 saturated heterocycles. The zero-order chi connectivity index (χ0) is 12.7. The molecule has 3 nitrogen and oxygen atoms in total. The van der Waals surface area contributed by atoms with Gasteiger partial charge in [0.25, 0.3) is 0 Å². The SMILES string of the molecule is CC(C)CCCC(C)NC(=O)CC1CCCN1. The standard InChI is InChI=1S/C14H28N2O/c1-11(2)6-4-7-12(3)16-14(17)10-13-8-5-9-15-13/h11-13,15H,4-10H2,1-3H3,(H,16,17). The van der Waals surface area contributed by atoms with Crippen molar-refractivity contribution in [3.05, 3.63) is 0 Å². The second kappa shape index (κ2) is 7.70. The Morgan fingerprint density at radius 3 is 2.71 bits per heavy atom. The molecule has 1 aliphatic heterocycles. The summed E-state index contributed by atoms with van der Waals surface area (Å²) in [5.41, 5.74) is 0. The second-order valence-electron chi connectivity index (χ2n) is 5.79. The predicted molar refractivity (Wildman–Crippen MR) is 71.9 cm³/mol. The fourth-order valence-electron chi connectivity index (χ4n) is 2.39. The van der Waals surface area contributed by atoms with Crippen LogP contribution in [-0.4, -0.2) is 24.5 Å². The third-order valence-electron chi connectivity index (χ3n) is 3.42. The Kier molecular flexibility index (Phi) is 6.56. The van der Waals surface area contributed by atoms with Gasteiger partial charge in [-0.15, -0.1) is 0 Å². The largest absolute Gasteiger partial charge is 0.354 e. The quantitative estimate of drug-likeness (QED) is 0.717. The highest BCUT2D eigenvalue weighted by Gasteiger charge is 2.18. The van der Waals surface area contributed by atoms with E-state index in [-0.39, 0.29) is 5.91 Å². The number of carbonyl (C=O) groups is 1. The van der Waals surface area contributed by atoms with Crippen molar-refractivity contribution >= 4 is 5.91 Å². The molecule has 1 rings (SSSR count). The Morgan fingerprint density at radius 1 is 1.35 bits per heavy atom. The molecule has 0 spiro atoms. The van der Waals surface area contributed by atoms with Crippen molar-refractivity contribution in [2.24, 2.45) is 5.92 Å². The van der Waals surface area contributed by atoms with E-state index in [1.165, 1.54) is 19.3 Å². The van der Waals surface area contributed by atoms with Gasteiger partial charge >= 0.3 is 0 Å². The Bertz CT molecular complexity index is 222. The lowest BCUT2D eigenvalue weighted by atomic mass is 10.0. The summed E-state index contributed by atoms with van der Waals surface area (Å²) < 4.78 is 0. The molecular formula is C14H28N2O. The molecular weight excluding hydrogens is 212 g/mol. The van der Waals surface area contributed by atoms with Crippen LogP contribution in [0.3, 0.4) is 0 Å². The van der Waals surface area contributed by atoms with Crippen LogP contribution in [0.15, 0.2) is 0 Å². The van der Waals surface area contributed by atoms with Gasteiger partial charge in [0.15, 0.2) is 0 Å². The van der Waals surface area contributed by atoms with Crippen LogP contribution in [0.25, 0.3) is 0 Å². The van der Waals surface area contributed by atoms with Crippen LogP contribution < -0.4 is 10.6 Å². The molecule has 0 saturated carbocycles. The van der Waals surface area contributed by atoms with Crippen molar-refractivity contribution in [1.82, 2.24) is 10.6 Å². The van der Waals surface area contributed by atoms with Gasteiger partial charge in [-0.3, -0.25) is 4.79 Å². The minimum absolute atomic E-state index is 0.210. The van der Waals surface area contributed by atoms with E-state index in [9.17, 15) is 4.79 Å². The van der Waals surface area contributed by atoms with Crippen LogP contribution in [-0.2, 0) is 4.79 Å². The van der Waals surface area contributed by atoms with Crippen LogP contribution in [0.4, 0.5) is 0 Å². The topological polar surface area (TPSA) is 41.1 Å². The number of nitrogens with one attached hydrogen (secondary N) is 2. The fourth-order valence-corrected chi connectivity index (χ4v) is 2.39. The van der Waals surface area contributed by atoms with Crippen molar-refractivity contribution in [3.63, 3.8) is 0 Å². The summed E-state index contributed by atoms with van der Waals surface area (Å²) in [6, 6.07) is 0.737. The van der Waals surface area contributed by atoms with E-state index in [2.05, 4.69) is 31.4 Å². The fraction of sp³-hybridized carbons (Fsp3) is 0.929. The Labute approximate surface area is 106 Å². The first kappa shape index (κ1) is 14.5. The minimum Gasteiger partial charge on any atom is -0.354 e. The molecule has 0 aromatic carbocycles. The van der Waals surface area contributed by atoms with Crippen molar-refractivity contribution in [3.8, 4) is 0 Å². The molecule has 2 unspecified atom stereocenters. The van der Waals surface area contributed by atoms with Gasteiger partial charge < -0.3 is 10.6 Å². The van der Waals surface area contributed by atoms with Crippen LogP contribution in [0.2, 0.25) is 0 Å². The second-order valence-corrected chi connectivity index (χ2v) is 5.79. The first-order valence-corrected chi connectivity index (χ1v) is 7.10. The van der Waals surface area contributed by atoms with E-state index in [1.807, 2.05) is 0 Å². The molecule has 3 heteroatoms. The summed E-state index contributed by atoms with van der Waals surface area (Å²) >= 11 is 0. The molecule has 1 amide bonds. The van der Waals surface area contributed by atoms with Gasteiger partial charge in [-0.05, 0) is 38.6 Å². The van der Waals surface area contributed by atoms with E-state index in [0.29, 0.717) is 18.5 Å². The normalized spacial score (nSPS) is 21.8. The first-order chi connectivity index (χ1) is 8.08. The molecule has 0 aliphatic carbocycles. The zero-order valence-corrected chi connectivity index (χ0v) is 11.6. The summed E-state index contributed by atoms with van der Waals surface area (Å²) in [5.74, 6) is 0.974. The molecule has 2 N–H and O–H groups in total. The molecule has 1 heterocycles. The molecule has 1 fully saturated rings. The average Bonchev–Trinajstić information content (AvgIpc) is 2.69. The molecule has 0 aromatic heterocycles.